The molecule has 0 aliphatic heterocycles. The fourth-order valence-electron chi connectivity index (χ4n) is 2.10. The average Bonchev–Trinajstić information content (AvgIpc) is 2.82. The van der Waals surface area contributed by atoms with Gasteiger partial charge >= 0.3 is 39.7 Å². The minimum Gasteiger partial charge on any atom is 2.00 e. The molecule has 1 aromatic rings. The fourth-order valence-corrected chi connectivity index (χ4v) is 2.10. The van der Waals surface area contributed by atoms with Gasteiger partial charge in [0.25, 0.3) is 0 Å². The summed E-state index contributed by atoms with van der Waals surface area (Å²) in [4.78, 5) is 9.77. The third kappa shape index (κ3) is 10.3. The molecule has 0 spiro atoms. The van der Waals surface area contributed by atoms with Crippen LogP contribution in [-0.4, -0.2) is 6.29 Å². The molecule has 0 bridgehead atoms. The molecule has 2 rings (SSSR count). The van der Waals surface area contributed by atoms with Crippen molar-refractivity contribution in [2.45, 2.75) is 34.6 Å². The minimum absolute atomic E-state index is 0. The molecule has 5 radical (unpaired) electrons. The summed E-state index contributed by atoms with van der Waals surface area (Å²) < 4.78 is 15.0. The molecule has 3 nitrogen and oxygen atoms in total. The molecule has 1 fully saturated rings. The number of benzene rings is 1. The predicted molar refractivity (Wildman–Crippen MR) is 93.6 cm³/mol. The summed E-state index contributed by atoms with van der Waals surface area (Å²) in [5.41, 5.74) is 1.02. The quantitative estimate of drug-likeness (QED) is 0.318. The Hall–Kier alpha value is -1.37. The first kappa shape index (κ1) is 28.4. The van der Waals surface area contributed by atoms with E-state index >= 15 is 0 Å². The summed E-state index contributed by atoms with van der Waals surface area (Å²) in [7, 11) is 0. The van der Waals surface area contributed by atoms with Crippen LogP contribution in [0, 0.1) is 42.9 Å². The Morgan fingerprint density at radius 1 is 0.760 bits per heavy atom. The van der Waals surface area contributed by atoms with Gasteiger partial charge in [0.1, 0.15) is 0 Å². The Bertz CT molecular complexity index is 457. The van der Waals surface area contributed by atoms with Gasteiger partial charge in [-0.05, 0) is 35.9 Å². The van der Waals surface area contributed by atoms with Crippen LogP contribution in [0.15, 0.2) is 36.4 Å². The maximum Gasteiger partial charge on any atom is 2.00 e. The van der Waals surface area contributed by atoms with Crippen molar-refractivity contribution in [3.05, 3.63) is 84.9 Å². The summed E-state index contributed by atoms with van der Waals surface area (Å²) in [6.45, 7) is 20.0. The van der Waals surface area contributed by atoms with Gasteiger partial charge in [0.05, 0.1) is 0 Å². The van der Waals surface area contributed by atoms with E-state index in [9.17, 15) is 4.79 Å². The Morgan fingerprint density at radius 3 is 1.36 bits per heavy atom. The van der Waals surface area contributed by atoms with Crippen molar-refractivity contribution in [3.63, 3.8) is 0 Å². The van der Waals surface area contributed by atoms with E-state index in [4.69, 9.17) is 9.30 Å². The molecule has 1 aliphatic rings. The molecular formula is C21H22FeO3+. The first-order valence-corrected chi connectivity index (χ1v) is 7.18. The first-order chi connectivity index (χ1) is 11.5. The Balaban J connectivity index is -0.000000312. The van der Waals surface area contributed by atoms with Crippen LogP contribution >= 0.6 is 0 Å². The van der Waals surface area contributed by atoms with Gasteiger partial charge in [0, 0.05) is 0 Å². The zero-order chi connectivity index (χ0) is 19.1. The summed E-state index contributed by atoms with van der Waals surface area (Å²) in [6.07, 6.45) is 4.76. The fraction of sp³-hybridized carbons (Fsp3) is 0.238. The topological polar surface area (TPSA) is 56.9 Å². The maximum absolute atomic E-state index is 9.77. The monoisotopic (exact) mass is 378 g/mol. The second kappa shape index (κ2) is 17.5. The van der Waals surface area contributed by atoms with Crippen LogP contribution in [0.5, 0.6) is 0 Å². The molecule has 1 aliphatic carbocycles. The standard InChI is InChI=1S/C10H15.C9H7O.2CO.Fe/c1-6-7(2)9(4)10(5)8(6)3;10-8-4-7-9-5-2-1-3-6-9;2*1-2;/h1-5H3;1-7H;;;/q;-1;;;+2/b;7-4+;;;. The zero-order valence-corrected chi connectivity index (χ0v) is 16.2. The van der Waals surface area contributed by atoms with E-state index in [0.29, 0.717) is 0 Å². The molecule has 131 valence electrons. The van der Waals surface area contributed by atoms with Crippen molar-refractivity contribution in [1.82, 2.24) is 0 Å². The Labute approximate surface area is 163 Å². The van der Waals surface area contributed by atoms with Crippen LogP contribution in [0.1, 0.15) is 40.2 Å². The molecule has 0 amide bonds. The van der Waals surface area contributed by atoms with E-state index in [1.165, 1.54) is 35.7 Å². The van der Waals surface area contributed by atoms with Gasteiger partial charge in [-0.25, -0.2) is 6.08 Å². The normalized spacial score (nSPS) is 15.6. The summed E-state index contributed by atoms with van der Waals surface area (Å²) >= 11 is 0. The maximum atomic E-state index is 9.77. The molecule has 0 aromatic heterocycles. The summed E-state index contributed by atoms with van der Waals surface area (Å²) in [6, 6.07) is 9.62. The van der Waals surface area contributed by atoms with Crippen molar-refractivity contribution in [2.75, 3.05) is 0 Å². The molecule has 0 heterocycles. The molecular weight excluding hydrogens is 356 g/mol. The van der Waals surface area contributed by atoms with Crippen molar-refractivity contribution < 1.29 is 31.2 Å². The molecule has 0 unspecified atom stereocenters. The molecule has 0 saturated heterocycles. The molecule has 0 atom stereocenters. The van der Waals surface area contributed by atoms with Gasteiger partial charge in [0.2, 0.25) is 0 Å². The Kier molecular flexibility index (Phi) is 19.8. The van der Waals surface area contributed by atoms with E-state index in [0.717, 1.165) is 5.56 Å². The zero-order valence-electron chi connectivity index (χ0n) is 15.1. The van der Waals surface area contributed by atoms with Gasteiger partial charge in [-0.15, -0.1) is 5.56 Å². The summed E-state index contributed by atoms with van der Waals surface area (Å²) in [5, 5.41) is 0. The van der Waals surface area contributed by atoms with E-state index in [1.807, 2.05) is 30.3 Å². The predicted octanol–water partition coefficient (Wildman–Crippen LogP) is 4.70. The van der Waals surface area contributed by atoms with Gasteiger partial charge in [-0.2, -0.15) is 6.08 Å². The second-order valence-electron chi connectivity index (χ2n) is 4.99. The van der Waals surface area contributed by atoms with Crippen molar-refractivity contribution in [3.8, 4) is 0 Å². The minimum atomic E-state index is 0. The smallest absolute Gasteiger partial charge is 2.00 e. The first-order valence-electron chi connectivity index (χ1n) is 7.18. The van der Waals surface area contributed by atoms with E-state index in [-0.39, 0.29) is 17.1 Å². The van der Waals surface area contributed by atoms with Crippen molar-refractivity contribution >= 4 is 12.4 Å². The van der Waals surface area contributed by atoms with Gasteiger partial charge in [0.15, 0.2) is 0 Å². The van der Waals surface area contributed by atoms with Gasteiger partial charge in [-0.3, -0.25) is 0 Å². The number of hydrogen-bond acceptors (Lipinski definition) is 1. The number of allylic oxidation sites excluding steroid dienone is 1. The van der Waals surface area contributed by atoms with Crippen LogP contribution in [-0.2, 0) is 31.2 Å². The molecule has 4 heteroatoms. The van der Waals surface area contributed by atoms with Crippen LogP contribution in [0.3, 0.4) is 0 Å². The third-order valence-electron chi connectivity index (χ3n) is 3.96. The number of carbonyl (C=O) groups excluding carboxylic acids is 1. The van der Waals surface area contributed by atoms with E-state index in [2.05, 4.69) is 47.9 Å². The molecule has 1 saturated carbocycles. The number of rotatable bonds is 2. The van der Waals surface area contributed by atoms with Gasteiger partial charge in [-0.1, -0.05) is 65.0 Å². The van der Waals surface area contributed by atoms with Crippen LogP contribution in [0.2, 0.25) is 0 Å². The van der Waals surface area contributed by atoms with Crippen LogP contribution < -0.4 is 0 Å². The molecule has 0 N–H and O–H groups in total. The largest absolute Gasteiger partial charge is 2.00 e. The average molecular weight is 378 g/mol. The third-order valence-corrected chi connectivity index (χ3v) is 3.96. The molecule has 25 heavy (non-hydrogen) atoms. The molecule has 1 aromatic carbocycles. The van der Waals surface area contributed by atoms with Gasteiger partial charge < -0.3 is 4.79 Å². The SMILES string of the molecule is C[C]1[C](C)[C](C)[C](C)[C]1C.O=[C-]/C=C/c1ccccc1.[C-]#[O+].[C-]#[O+].[Fe+2]. The van der Waals surface area contributed by atoms with Crippen molar-refractivity contribution in [2.24, 2.45) is 0 Å². The van der Waals surface area contributed by atoms with E-state index < -0.39 is 0 Å². The Morgan fingerprint density at radius 2 is 1.08 bits per heavy atom. The van der Waals surface area contributed by atoms with Crippen molar-refractivity contribution in [1.29, 1.82) is 0 Å². The second-order valence-corrected chi connectivity index (χ2v) is 4.99. The summed E-state index contributed by atoms with van der Waals surface area (Å²) in [5.74, 6) is 7.34. The van der Waals surface area contributed by atoms with Crippen LogP contribution in [0.4, 0.5) is 0 Å². The van der Waals surface area contributed by atoms with E-state index in [1.54, 1.807) is 12.4 Å². The number of hydrogen-bond donors (Lipinski definition) is 0. The van der Waals surface area contributed by atoms with Crippen LogP contribution in [0.25, 0.3) is 6.08 Å².